The summed E-state index contributed by atoms with van der Waals surface area (Å²) in [6, 6.07) is 14.5. The number of aromatic carboxylic acids is 2. The molecule has 0 amide bonds. The van der Waals surface area contributed by atoms with Gasteiger partial charge in [0.25, 0.3) is 0 Å². The van der Waals surface area contributed by atoms with E-state index in [-0.39, 0.29) is 58.6 Å². The number of morpholine rings is 1. The third kappa shape index (κ3) is 10.6. The molecule has 5 aromatic rings. The minimum absolute atomic E-state index is 0.00428. The van der Waals surface area contributed by atoms with Gasteiger partial charge in [-0.2, -0.15) is 26.3 Å². The monoisotopic (exact) mass is 863 g/mol. The van der Waals surface area contributed by atoms with Crippen molar-refractivity contribution in [1.29, 1.82) is 0 Å². The number of para-hydroxylation sites is 2. The number of halogens is 6. The zero-order valence-electron chi connectivity index (χ0n) is 31.8. The van der Waals surface area contributed by atoms with Gasteiger partial charge in [-0.1, -0.05) is 24.3 Å². The first kappa shape index (κ1) is 44.7. The summed E-state index contributed by atoms with van der Waals surface area (Å²) in [5.74, 6) is -1.78. The molecule has 1 aliphatic heterocycles. The van der Waals surface area contributed by atoms with E-state index in [1.54, 1.807) is 53.4 Å². The molecule has 318 valence electrons. The van der Waals surface area contributed by atoms with Crippen LogP contribution in [0.15, 0.2) is 78.1 Å². The molecule has 3 aromatic carbocycles. The van der Waals surface area contributed by atoms with Crippen LogP contribution < -0.4 is 14.4 Å². The molecule has 2 N–H and O–H groups in total. The Hall–Kier alpha value is -6.35. The molecule has 0 unspecified atom stereocenters. The maximum atomic E-state index is 13.3. The standard InChI is InChI=1S/C26H23F6N3O4.C13H12N2O5S/c1-38-20-5-3-2-4-18(20)22-21(23(36)37)19(33-24(34-22)35-8-10-39-11-9-35)7-6-15-12-16(25(27,28)29)14-17(13-15)26(30,31)32;1-20-10-6-4-3-5-8(10)11-9(12(16)17)7-14-13(15-11)21(2,18)19/h2-5,12-14H,6-11H2,1H3,(H,36,37);3-7H,1-2H3,(H,16,17). The molecule has 60 heavy (non-hydrogen) atoms. The van der Waals surface area contributed by atoms with Gasteiger partial charge in [-0.3, -0.25) is 0 Å². The van der Waals surface area contributed by atoms with E-state index in [0.717, 1.165) is 12.5 Å². The van der Waals surface area contributed by atoms with Crippen LogP contribution >= 0.6 is 0 Å². The Morgan fingerprint density at radius 3 is 1.78 bits per heavy atom. The molecule has 3 heterocycles. The quantitative estimate of drug-likeness (QED) is 0.105. The van der Waals surface area contributed by atoms with Crippen molar-refractivity contribution >= 4 is 27.7 Å². The predicted octanol–water partition coefficient (Wildman–Crippen LogP) is 6.76. The Balaban J connectivity index is 0.000000274. The van der Waals surface area contributed by atoms with E-state index < -0.39 is 50.4 Å². The Bertz CT molecular complexity index is 2460. The molecule has 1 saturated heterocycles. The average Bonchev–Trinajstić information content (AvgIpc) is 3.21. The molecule has 1 aliphatic rings. The zero-order chi connectivity index (χ0) is 44.0. The smallest absolute Gasteiger partial charge is 0.416 e. The van der Waals surface area contributed by atoms with Crippen LogP contribution in [0.5, 0.6) is 11.5 Å². The van der Waals surface area contributed by atoms with Crippen molar-refractivity contribution in [2.75, 3.05) is 51.7 Å². The SMILES string of the molecule is COc1ccccc1-c1nc(N2CCOCC2)nc(CCc2cc(C(F)(F)F)cc(C(F)(F)F)c2)c1C(=O)O.COc1ccccc1-c1nc(S(C)(=O)=O)ncc1C(=O)O. The fourth-order valence-electron chi connectivity index (χ4n) is 6.01. The minimum atomic E-state index is -5.00. The number of carboxylic acids is 2. The summed E-state index contributed by atoms with van der Waals surface area (Å²) in [6.07, 6.45) is -8.67. The number of sulfone groups is 1. The lowest BCUT2D eigenvalue weighted by Gasteiger charge is -2.28. The van der Waals surface area contributed by atoms with Crippen molar-refractivity contribution in [3.63, 3.8) is 0 Å². The van der Waals surface area contributed by atoms with Crippen LogP contribution in [0, 0.1) is 0 Å². The summed E-state index contributed by atoms with van der Waals surface area (Å²) < 4.78 is 119. The van der Waals surface area contributed by atoms with Gasteiger partial charge in [0.2, 0.25) is 20.9 Å². The molecule has 21 heteroatoms. The van der Waals surface area contributed by atoms with Crippen LogP contribution in [0.3, 0.4) is 0 Å². The van der Waals surface area contributed by atoms with Gasteiger partial charge in [0.05, 0.1) is 55.6 Å². The number of hydrogen-bond donors (Lipinski definition) is 2. The van der Waals surface area contributed by atoms with E-state index in [1.165, 1.54) is 14.2 Å². The number of carbonyl (C=O) groups is 2. The highest BCUT2D eigenvalue weighted by Gasteiger charge is 2.37. The van der Waals surface area contributed by atoms with Gasteiger partial charge < -0.3 is 29.3 Å². The minimum Gasteiger partial charge on any atom is -0.496 e. The Labute approximate surface area is 338 Å². The van der Waals surface area contributed by atoms with E-state index in [0.29, 0.717) is 61.1 Å². The molecule has 0 atom stereocenters. The van der Waals surface area contributed by atoms with Gasteiger partial charge in [-0.05, 0) is 60.9 Å². The lowest BCUT2D eigenvalue weighted by Crippen LogP contribution is -2.37. The Morgan fingerprint density at radius 1 is 0.767 bits per heavy atom. The lowest BCUT2D eigenvalue weighted by atomic mass is 9.97. The van der Waals surface area contributed by atoms with Gasteiger partial charge in [-0.15, -0.1) is 0 Å². The third-order valence-corrected chi connectivity index (χ3v) is 9.69. The average molecular weight is 864 g/mol. The first-order valence-corrected chi connectivity index (χ1v) is 19.4. The van der Waals surface area contributed by atoms with Crippen molar-refractivity contribution in [2.45, 2.75) is 30.4 Å². The zero-order valence-corrected chi connectivity index (χ0v) is 32.7. The van der Waals surface area contributed by atoms with Crippen LogP contribution in [0.1, 0.15) is 43.1 Å². The first-order valence-electron chi connectivity index (χ1n) is 17.5. The molecule has 14 nitrogen and oxygen atoms in total. The fraction of sp³-hybridized carbons (Fsp3) is 0.282. The van der Waals surface area contributed by atoms with Gasteiger partial charge in [0.15, 0.2) is 0 Å². The number of aryl methyl sites for hydroxylation is 2. The second kappa shape index (κ2) is 18.3. The number of methoxy groups -OCH3 is 2. The van der Waals surface area contributed by atoms with E-state index in [2.05, 4.69) is 19.9 Å². The van der Waals surface area contributed by atoms with Gasteiger partial charge in [0.1, 0.15) is 22.6 Å². The number of ether oxygens (including phenoxy) is 3. The van der Waals surface area contributed by atoms with Crippen molar-refractivity contribution in [3.05, 3.63) is 106 Å². The second-order valence-electron chi connectivity index (χ2n) is 12.9. The number of alkyl halides is 6. The van der Waals surface area contributed by atoms with Crippen LogP contribution in [0.4, 0.5) is 32.3 Å². The van der Waals surface area contributed by atoms with E-state index in [4.69, 9.17) is 14.2 Å². The molecule has 2 aromatic heterocycles. The molecule has 6 rings (SSSR count). The van der Waals surface area contributed by atoms with E-state index in [1.807, 2.05) is 0 Å². The van der Waals surface area contributed by atoms with Gasteiger partial charge in [0, 0.05) is 36.7 Å². The predicted molar refractivity (Wildman–Crippen MR) is 202 cm³/mol. The maximum absolute atomic E-state index is 13.3. The number of nitrogens with zero attached hydrogens (tertiary/aromatic N) is 5. The normalized spacial score (nSPS) is 13.2. The largest absolute Gasteiger partial charge is 0.496 e. The van der Waals surface area contributed by atoms with E-state index >= 15 is 0 Å². The fourth-order valence-corrected chi connectivity index (χ4v) is 6.51. The van der Waals surface area contributed by atoms with Crippen molar-refractivity contribution in [1.82, 2.24) is 19.9 Å². The summed E-state index contributed by atoms with van der Waals surface area (Å²) in [6.45, 7) is 1.54. The van der Waals surface area contributed by atoms with Crippen LogP contribution in [0.2, 0.25) is 0 Å². The van der Waals surface area contributed by atoms with Crippen LogP contribution in [-0.2, 0) is 39.8 Å². The second-order valence-corrected chi connectivity index (χ2v) is 14.8. The lowest BCUT2D eigenvalue weighted by molar-refractivity contribution is -0.143. The molecule has 0 saturated carbocycles. The highest BCUT2D eigenvalue weighted by molar-refractivity contribution is 7.90. The first-order chi connectivity index (χ1) is 28.2. The number of benzene rings is 3. The number of rotatable bonds is 11. The molecular formula is C39H35F6N5O9S. The maximum Gasteiger partial charge on any atom is 0.416 e. The number of anilines is 1. The summed E-state index contributed by atoms with van der Waals surface area (Å²) in [5.41, 5.74) is -2.98. The summed E-state index contributed by atoms with van der Waals surface area (Å²) in [4.78, 5) is 41.9. The number of hydrogen-bond acceptors (Lipinski definition) is 12. The molecule has 1 fully saturated rings. The van der Waals surface area contributed by atoms with Crippen molar-refractivity contribution < 1.29 is 68.8 Å². The summed E-state index contributed by atoms with van der Waals surface area (Å²) in [7, 11) is -0.824. The summed E-state index contributed by atoms with van der Waals surface area (Å²) in [5, 5.41) is 18.9. The van der Waals surface area contributed by atoms with Crippen molar-refractivity contribution in [3.8, 4) is 34.0 Å². The van der Waals surface area contributed by atoms with Gasteiger partial charge in [-0.25, -0.2) is 37.9 Å². The van der Waals surface area contributed by atoms with Crippen LogP contribution in [-0.4, -0.2) is 97.3 Å². The molecule has 0 aliphatic carbocycles. The Morgan fingerprint density at radius 2 is 1.30 bits per heavy atom. The third-order valence-electron chi connectivity index (χ3n) is 8.83. The van der Waals surface area contributed by atoms with E-state index in [9.17, 15) is 54.6 Å². The van der Waals surface area contributed by atoms with Crippen molar-refractivity contribution in [2.24, 2.45) is 0 Å². The highest BCUT2D eigenvalue weighted by atomic mass is 32.2. The number of carboxylic acid groups (broad SMARTS) is 2. The Kier molecular flexibility index (Phi) is 13.6. The highest BCUT2D eigenvalue weighted by Crippen LogP contribution is 2.38. The molecule has 0 bridgehead atoms. The number of aromatic nitrogens is 4. The topological polar surface area (TPSA) is 191 Å². The van der Waals surface area contributed by atoms with Crippen LogP contribution in [0.25, 0.3) is 22.5 Å². The molecular weight excluding hydrogens is 829 g/mol. The van der Waals surface area contributed by atoms with Gasteiger partial charge >= 0.3 is 24.3 Å². The summed E-state index contributed by atoms with van der Waals surface area (Å²) >= 11 is 0. The molecule has 0 spiro atoms. The molecule has 0 radical (unpaired) electrons.